The van der Waals surface area contributed by atoms with Gasteiger partial charge in [-0.1, -0.05) is 48.5 Å². The van der Waals surface area contributed by atoms with E-state index >= 15 is 0 Å². The summed E-state index contributed by atoms with van der Waals surface area (Å²) in [6, 6.07) is 15.0. The highest BCUT2D eigenvalue weighted by atomic mass is 16.6. The van der Waals surface area contributed by atoms with Crippen LogP contribution in [0, 0.1) is 0 Å². The predicted molar refractivity (Wildman–Crippen MR) is 101 cm³/mol. The van der Waals surface area contributed by atoms with E-state index in [4.69, 9.17) is 9.47 Å². The zero-order valence-corrected chi connectivity index (χ0v) is 15.5. The Morgan fingerprint density at radius 3 is 2.29 bits per heavy atom. The largest absolute Gasteiger partial charge is 0.467 e. The molecule has 0 spiro atoms. The van der Waals surface area contributed by atoms with Crippen LogP contribution in [0.1, 0.15) is 23.5 Å². The van der Waals surface area contributed by atoms with Crippen LogP contribution in [0.2, 0.25) is 0 Å². The molecule has 0 saturated carbocycles. The average molecular weight is 382 g/mol. The molecule has 1 fully saturated rings. The Balaban J connectivity index is 1.51. The van der Waals surface area contributed by atoms with Crippen molar-refractivity contribution < 1.29 is 24.3 Å². The van der Waals surface area contributed by atoms with E-state index in [2.05, 4.69) is 17.6 Å². The second-order valence-electron chi connectivity index (χ2n) is 7.06. The van der Waals surface area contributed by atoms with Crippen LogP contribution in [0.25, 0.3) is 11.1 Å². The van der Waals surface area contributed by atoms with Crippen LogP contribution < -0.4 is 5.48 Å². The Labute approximate surface area is 162 Å². The Morgan fingerprint density at radius 2 is 1.71 bits per heavy atom. The maximum Gasteiger partial charge on any atom is 0.410 e. The molecule has 0 unspecified atom stereocenters. The number of carbonyl (C=O) groups is 2. The van der Waals surface area contributed by atoms with E-state index in [0.717, 1.165) is 22.3 Å². The van der Waals surface area contributed by atoms with E-state index in [9.17, 15) is 14.8 Å². The molecular weight excluding hydrogens is 360 g/mol. The summed E-state index contributed by atoms with van der Waals surface area (Å²) in [6.45, 7) is 0.349. The zero-order valence-electron chi connectivity index (χ0n) is 15.5. The Kier molecular flexibility index (Phi) is 5.02. The van der Waals surface area contributed by atoms with Crippen LogP contribution in [0.5, 0.6) is 0 Å². The van der Waals surface area contributed by atoms with Gasteiger partial charge in [-0.2, -0.15) is 0 Å². The zero-order chi connectivity index (χ0) is 19.7. The summed E-state index contributed by atoms with van der Waals surface area (Å²) in [5, 5.41) is 9.18. The molecule has 1 heterocycles. The van der Waals surface area contributed by atoms with Crippen molar-refractivity contribution in [2.75, 3.05) is 20.3 Å². The lowest BCUT2D eigenvalue weighted by atomic mass is 9.98. The molecule has 7 heteroatoms. The summed E-state index contributed by atoms with van der Waals surface area (Å²) in [5.41, 5.74) is 6.67. The second kappa shape index (κ2) is 7.61. The molecule has 2 aromatic rings. The van der Waals surface area contributed by atoms with Gasteiger partial charge < -0.3 is 14.7 Å². The van der Waals surface area contributed by atoms with Crippen molar-refractivity contribution in [2.45, 2.75) is 24.4 Å². The van der Waals surface area contributed by atoms with Crippen LogP contribution in [0.15, 0.2) is 48.5 Å². The van der Waals surface area contributed by atoms with E-state index < -0.39 is 24.1 Å². The first-order valence-electron chi connectivity index (χ1n) is 9.23. The van der Waals surface area contributed by atoms with Crippen LogP contribution >= 0.6 is 0 Å². The number of nitrogens with zero attached hydrogens (tertiary/aromatic N) is 1. The average Bonchev–Trinajstić information content (AvgIpc) is 3.31. The number of likely N-dealkylation sites (tertiary alicyclic amines) is 1. The Bertz CT molecular complexity index is 854. The fourth-order valence-electron chi connectivity index (χ4n) is 4.17. The van der Waals surface area contributed by atoms with Gasteiger partial charge >= 0.3 is 12.1 Å². The number of benzene rings is 2. The van der Waals surface area contributed by atoms with Crippen LogP contribution in [-0.2, 0) is 14.3 Å². The second-order valence-corrected chi connectivity index (χ2v) is 7.06. The first-order valence-corrected chi connectivity index (χ1v) is 9.23. The van der Waals surface area contributed by atoms with Gasteiger partial charge in [-0.3, -0.25) is 4.90 Å². The minimum absolute atomic E-state index is 0.0534. The number of ether oxygens (including phenoxy) is 2. The van der Waals surface area contributed by atoms with E-state index in [1.165, 1.54) is 12.0 Å². The molecule has 7 nitrogen and oxygen atoms in total. The van der Waals surface area contributed by atoms with Crippen molar-refractivity contribution >= 4 is 12.1 Å². The first kappa shape index (κ1) is 18.5. The molecule has 2 atom stereocenters. The minimum atomic E-state index is -0.773. The number of carbonyl (C=O) groups excluding carboxylic acids is 2. The van der Waals surface area contributed by atoms with Gasteiger partial charge in [0.25, 0.3) is 0 Å². The van der Waals surface area contributed by atoms with Gasteiger partial charge in [-0.15, -0.1) is 0 Å². The number of fused-ring (bicyclic) bond motifs is 3. The standard InChI is InChI=1S/C21H22N2O5/c1-27-20(24)19-10-13(22-26)11-23(19)21(25)28-12-18-16-8-4-2-6-14(16)15-7-3-5-9-17(15)18/h2-9,13,18-19,22,26H,10-12H2,1H3/t13-,19+/m1/s1. The summed E-state index contributed by atoms with van der Waals surface area (Å²) < 4.78 is 10.4. The number of hydrogen-bond donors (Lipinski definition) is 2. The van der Waals surface area contributed by atoms with Crippen molar-refractivity contribution in [3.63, 3.8) is 0 Å². The molecule has 2 aromatic carbocycles. The number of hydroxylamine groups is 1. The topological polar surface area (TPSA) is 88.1 Å². The molecule has 1 saturated heterocycles. The van der Waals surface area contributed by atoms with E-state index in [1.807, 2.05) is 36.4 Å². The van der Waals surface area contributed by atoms with Crippen molar-refractivity contribution in [2.24, 2.45) is 0 Å². The monoisotopic (exact) mass is 382 g/mol. The lowest BCUT2D eigenvalue weighted by Crippen LogP contribution is -2.42. The first-order chi connectivity index (χ1) is 13.6. The maximum absolute atomic E-state index is 12.7. The lowest BCUT2D eigenvalue weighted by molar-refractivity contribution is -0.145. The van der Waals surface area contributed by atoms with Gasteiger partial charge in [0.05, 0.1) is 13.2 Å². The number of hydrogen-bond acceptors (Lipinski definition) is 6. The molecule has 2 aliphatic rings. The number of rotatable bonds is 4. The van der Waals surface area contributed by atoms with Crippen molar-refractivity contribution in [1.82, 2.24) is 10.4 Å². The van der Waals surface area contributed by atoms with Crippen LogP contribution in [-0.4, -0.2) is 54.5 Å². The highest BCUT2D eigenvalue weighted by molar-refractivity contribution is 5.82. The lowest BCUT2D eigenvalue weighted by Gasteiger charge is -2.23. The molecule has 0 aromatic heterocycles. The van der Waals surface area contributed by atoms with E-state index in [1.54, 1.807) is 0 Å². The van der Waals surface area contributed by atoms with Gasteiger partial charge in [0.1, 0.15) is 12.6 Å². The number of amides is 1. The fourth-order valence-corrected chi connectivity index (χ4v) is 4.17. The van der Waals surface area contributed by atoms with Crippen molar-refractivity contribution in [3.05, 3.63) is 59.7 Å². The molecule has 146 valence electrons. The normalized spacial score (nSPS) is 20.6. The maximum atomic E-state index is 12.7. The summed E-state index contributed by atoms with van der Waals surface area (Å²) in [6.07, 6.45) is -0.317. The molecule has 1 aliphatic heterocycles. The molecule has 1 amide bonds. The smallest absolute Gasteiger partial charge is 0.410 e. The van der Waals surface area contributed by atoms with E-state index in [0.29, 0.717) is 0 Å². The summed E-state index contributed by atoms with van der Waals surface area (Å²) in [5.74, 6) is -0.575. The molecule has 28 heavy (non-hydrogen) atoms. The molecule has 1 aliphatic carbocycles. The van der Waals surface area contributed by atoms with Crippen LogP contribution in [0.3, 0.4) is 0 Å². The summed E-state index contributed by atoms with van der Waals surface area (Å²) in [7, 11) is 1.28. The number of methoxy groups -OCH3 is 1. The highest BCUT2D eigenvalue weighted by Crippen LogP contribution is 2.44. The summed E-state index contributed by atoms with van der Waals surface area (Å²) >= 11 is 0. The predicted octanol–water partition coefficient (Wildman–Crippen LogP) is 2.53. The number of nitrogens with one attached hydrogen (secondary N) is 1. The van der Waals surface area contributed by atoms with Crippen molar-refractivity contribution in [3.8, 4) is 11.1 Å². The quantitative estimate of drug-likeness (QED) is 0.624. The minimum Gasteiger partial charge on any atom is -0.467 e. The molecule has 4 rings (SSSR count). The SMILES string of the molecule is COC(=O)[C@@H]1C[C@@H](NO)CN1C(=O)OCC1c2ccccc2-c2ccccc21. The van der Waals surface area contributed by atoms with Crippen molar-refractivity contribution in [1.29, 1.82) is 0 Å². The van der Waals surface area contributed by atoms with Gasteiger partial charge in [0.2, 0.25) is 0 Å². The number of esters is 1. The third-order valence-electron chi connectivity index (χ3n) is 5.53. The summed E-state index contributed by atoms with van der Waals surface area (Å²) in [4.78, 5) is 26.0. The molecule has 0 bridgehead atoms. The fraction of sp³-hybridized carbons (Fsp3) is 0.333. The molecular formula is C21H22N2O5. The van der Waals surface area contributed by atoms with Gasteiger partial charge in [0.15, 0.2) is 0 Å². The molecule has 0 radical (unpaired) electrons. The highest BCUT2D eigenvalue weighted by Gasteiger charge is 2.41. The van der Waals surface area contributed by atoms with Crippen LogP contribution in [0.4, 0.5) is 4.79 Å². The van der Waals surface area contributed by atoms with Gasteiger partial charge in [-0.25, -0.2) is 15.1 Å². The van der Waals surface area contributed by atoms with Gasteiger partial charge in [-0.05, 0) is 28.7 Å². The van der Waals surface area contributed by atoms with Gasteiger partial charge in [0, 0.05) is 12.5 Å². The van der Waals surface area contributed by atoms with E-state index in [-0.39, 0.29) is 25.5 Å². The molecule has 2 N–H and O–H groups in total. The third-order valence-corrected chi connectivity index (χ3v) is 5.53. The Morgan fingerprint density at radius 1 is 1.11 bits per heavy atom. The Hall–Kier alpha value is -2.90. The third kappa shape index (κ3) is 3.12.